The molecule has 2 aromatic heterocycles. The lowest BCUT2D eigenvalue weighted by Crippen LogP contribution is -1.94. The van der Waals surface area contributed by atoms with Crippen LogP contribution in [0.1, 0.15) is 0 Å². The van der Waals surface area contributed by atoms with Gasteiger partial charge in [-0.3, -0.25) is 0 Å². The fourth-order valence-corrected chi connectivity index (χ4v) is 3.39. The Labute approximate surface area is 136 Å². The third-order valence-corrected chi connectivity index (χ3v) is 4.52. The first-order valence-electron chi connectivity index (χ1n) is 6.73. The average molecular weight is 327 g/mol. The van der Waals surface area contributed by atoms with Crippen LogP contribution in [0.3, 0.4) is 0 Å². The third kappa shape index (κ3) is 2.08. The smallest absolute Gasteiger partial charge is 0.115 e. The van der Waals surface area contributed by atoms with Gasteiger partial charge in [-0.15, -0.1) is 0 Å². The molecule has 1 N–H and O–H groups in total. The number of fused-ring (bicyclic) bond motifs is 1. The molecule has 0 aliphatic rings. The second-order valence-corrected chi connectivity index (χ2v) is 6.11. The van der Waals surface area contributed by atoms with E-state index in [4.69, 9.17) is 16.7 Å². The van der Waals surface area contributed by atoms with Crippen LogP contribution in [-0.4, -0.2) is 14.9 Å². The summed E-state index contributed by atoms with van der Waals surface area (Å²) in [5.41, 5.74) is 3.68. The van der Waals surface area contributed by atoms with Gasteiger partial charge >= 0.3 is 0 Å². The number of para-hydroxylation sites is 1. The lowest BCUT2D eigenvalue weighted by atomic mass is 10.1. The number of phenolic OH excluding ortho intramolecular Hbond substituents is 1. The molecule has 0 fully saturated rings. The predicted octanol–water partition coefficient (Wildman–Crippen LogP) is 5.11. The molecule has 0 radical (unpaired) electrons. The van der Waals surface area contributed by atoms with Crippen LogP contribution in [-0.2, 0) is 0 Å². The van der Waals surface area contributed by atoms with Gasteiger partial charge in [0.25, 0.3) is 0 Å². The van der Waals surface area contributed by atoms with E-state index < -0.39 is 0 Å². The normalized spacial score (nSPS) is 11.1. The molecule has 4 aromatic rings. The van der Waals surface area contributed by atoms with Gasteiger partial charge in [0, 0.05) is 16.3 Å². The van der Waals surface area contributed by atoms with Gasteiger partial charge in [-0.1, -0.05) is 23.7 Å². The highest BCUT2D eigenvalue weighted by Crippen LogP contribution is 2.34. The van der Waals surface area contributed by atoms with Crippen LogP contribution >= 0.6 is 22.9 Å². The molecule has 108 valence electrons. The molecule has 2 heterocycles. The van der Waals surface area contributed by atoms with Crippen molar-refractivity contribution in [2.24, 2.45) is 0 Å². The Hall–Kier alpha value is -2.30. The number of hydrogen-bond donors (Lipinski definition) is 1. The van der Waals surface area contributed by atoms with Gasteiger partial charge in [0.2, 0.25) is 0 Å². The minimum absolute atomic E-state index is 0.239. The van der Waals surface area contributed by atoms with Gasteiger partial charge in [0.1, 0.15) is 11.4 Å². The quantitative estimate of drug-likeness (QED) is 0.555. The SMILES string of the molecule is Oc1ccc(-c2nn(-c3ccsc3)c3c(Cl)cccc23)cc1. The summed E-state index contributed by atoms with van der Waals surface area (Å²) in [6.07, 6.45) is 0. The van der Waals surface area contributed by atoms with Crippen molar-refractivity contribution in [3.8, 4) is 22.7 Å². The van der Waals surface area contributed by atoms with Crippen molar-refractivity contribution in [1.29, 1.82) is 0 Å². The maximum absolute atomic E-state index is 9.47. The molecule has 0 aliphatic carbocycles. The van der Waals surface area contributed by atoms with E-state index in [1.165, 1.54) is 0 Å². The highest BCUT2D eigenvalue weighted by Gasteiger charge is 2.16. The molecular weight excluding hydrogens is 316 g/mol. The summed E-state index contributed by atoms with van der Waals surface area (Å²) in [4.78, 5) is 0. The van der Waals surface area contributed by atoms with Gasteiger partial charge in [-0.25, -0.2) is 4.68 Å². The molecule has 5 heteroatoms. The summed E-state index contributed by atoms with van der Waals surface area (Å²) in [6, 6.07) is 14.9. The Kier molecular flexibility index (Phi) is 3.13. The lowest BCUT2D eigenvalue weighted by molar-refractivity contribution is 0.475. The maximum Gasteiger partial charge on any atom is 0.115 e. The molecule has 4 rings (SSSR count). The van der Waals surface area contributed by atoms with E-state index >= 15 is 0 Å². The fourth-order valence-electron chi connectivity index (χ4n) is 2.52. The first-order valence-corrected chi connectivity index (χ1v) is 8.05. The number of aromatic nitrogens is 2. The number of rotatable bonds is 2. The van der Waals surface area contributed by atoms with Crippen molar-refractivity contribution in [3.05, 3.63) is 64.3 Å². The van der Waals surface area contributed by atoms with Gasteiger partial charge < -0.3 is 5.11 Å². The number of thiophene rings is 1. The van der Waals surface area contributed by atoms with E-state index in [-0.39, 0.29) is 5.75 Å². The van der Waals surface area contributed by atoms with Crippen molar-refractivity contribution in [1.82, 2.24) is 9.78 Å². The summed E-state index contributed by atoms with van der Waals surface area (Å²) in [7, 11) is 0. The largest absolute Gasteiger partial charge is 0.508 e. The van der Waals surface area contributed by atoms with Crippen LogP contribution in [0.4, 0.5) is 0 Å². The van der Waals surface area contributed by atoms with Crippen molar-refractivity contribution < 1.29 is 5.11 Å². The van der Waals surface area contributed by atoms with E-state index in [1.54, 1.807) is 23.5 Å². The zero-order chi connectivity index (χ0) is 15.1. The molecule has 0 amide bonds. The Morgan fingerprint density at radius 3 is 2.59 bits per heavy atom. The maximum atomic E-state index is 9.47. The molecule has 22 heavy (non-hydrogen) atoms. The van der Waals surface area contributed by atoms with E-state index in [1.807, 2.05) is 51.8 Å². The number of aromatic hydroxyl groups is 1. The predicted molar refractivity (Wildman–Crippen MR) is 91.1 cm³/mol. The Morgan fingerprint density at radius 1 is 1.05 bits per heavy atom. The van der Waals surface area contributed by atoms with Crippen LogP contribution < -0.4 is 0 Å². The first-order chi connectivity index (χ1) is 10.7. The molecule has 0 atom stereocenters. The third-order valence-electron chi connectivity index (χ3n) is 3.55. The number of benzene rings is 2. The summed E-state index contributed by atoms with van der Waals surface area (Å²) in [5, 5.41) is 19.9. The zero-order valence-corrected chi connectivity index (χ0v) is 13.0. The summed E-state index contributed by atoms with van der Waals surface area (Å²) >= 11 is 8.03. The van der Waals surface area contributed by atoms with Gasteiger partial charge in [0.15, 0.2) is 0 Å². The monoisotopic (exact) mass is 326 g/mol. The minimum atomic E-state index is 0.239. The molecule has 3 nitrogen and oxygen atoms in total. The van der Waals surface area contributed by atoms with Gasteiger partial charge in [-0.05, 0) is 41.8 Å². The Bertz CT molecular complexity index is 943. The number of hydrogen-bond acceptors (Lipinski definition) is 3. The van der Waals surface area contributed by atoms with Gasteiger partial charge in [0.05, 0.1) is 16.2 Å². The molecule has 0 unspecified atom stereocenters. The zero-order valence-electron chi connectivity index (χ0n) is 11.4. The molecule has 0 bridgehead atoms. The van der Waals surface area contributed by atoms with Crippen LogP contribution in [0.5, 0.6) is 5.75 Å². The number of phenols is 1. The van der Waals surface area contributed by atoms with E-state index in [9.17, 15) is 5.11 Å². The Balaban J connectivity index is 2.04. The van der Waals surface area contributed by atoms with E-state index in [0.717, 1.165) is 27.8 Å². The first kappa shape index (κ1) is 13.4. The Morgan fingerprint density at radius 2 is 1.86 bits per heavy atom. The second-order valence-electron chi connectivity index (χ2n) is 4.92. The number of halogens is 1. The van der Waals surface area contributed by atoms with Crippen molar-refractivity contribution in [2.45, 2.75) is 0 Å². The van der Waals surface area contributed by atoms with Crippen LogP contribution in [0, 0.1) is 0 Å². The lowest BCUT2D eigenvalue weighted by Gasteiger charge is -2.00. The standard InChI is InChI=1S/C17H11ClN2OS/c18-15-3-1-2-14-16(11-4-6-13(21)7-5-11)19-20(17(14)15)12-8-9-22-10-12/h1-10,21H. The summed E-state index contributed by atoms with van der Waals surface area (Å²) < 4.78 is 1.87. The molecule has 0 spiro atoms. The molecule has 2 aromatic carbocycles. The van der Waals surface area contributed by atoms with Gasteiger partial charge in [-0.2, -0.15) is 16.4 Å². The van der Waals surface area contributed by atoms with E-state index in [2.05, 4.69) is 0 Å². The summed E-state index contributed by atoms with van der Waals surface area (Å²) in [5.74, 6) is 0.239. The average Bonchev–Trinajstić information content (AvgIpc) is 3.15. The highest BCUT2D eigenvalue weighted by atomic mass is 35.5. The van der Waals surface area contributed by atoms with Crippen LogP contribution in [0.15, 0.2) is 59.3 Å². The molecule has 0 aliphatic heterocycles. The topological polar surface area (TPSA) is 38.1 Å². The molecule has 0 saturated heterocycles. The summed E-state index contributed by atoms with van der Waals surface area (Å²) in [6.45, 7) is 0. The minimum Gasteiger partial charge on any atom is -0.508 e. The second kappa shape index (κ2) is 5.16. The highest BCUT2D eigenvalue weighted by molar-refractivity contribution is 7.08. The molecule has 0 saturated carbocycles. The fraction of sp³-hybridized carbons (Fsp3) is 0. The van der Waals surface area contributed by atoms with Crippen LogP contribution in [0.25, 0.3) is 27.8 Å². The van der Waals surface area contributed by atoms with E-state index in [0.29, 0.717) is 5.02 Å². The van der Waals surface area contributed by atoms with Crippen LogP contribution in [0.2, 0.25) is 5.02 Å². The van der Waals surface area contributed by atoms with Crippen molar-refractivity contribution in [3.63, 3.8) is 0 Å². The molecular formula is C17H11ClN2OS. The van der Waals surface area contributed by atoms with Crippen molar-refractivity contribution >= 4 is 33.8 Å². The van der Waals surface area contributed by atoms with Crippen molar-refractivity contribution in [2.75, 3.05) is 0 Å². The number of nitrogens with zero attached hydrogens (tertiary/aromatic N) is 2.